The quantitative estimate of drug-likeness (QED) is 0.914. The molecule has 0 unspecified atom stereocenters. The second kappa shape index (κ2) is 5.11. The highest BCUT2D eigenvalue weighted by Gasteiger charge is 2.30. The van der Waals surface area contributed by atoms with Crippen LogP contribution in [0.25, 0.3) is 11.4 Å². The van der Waals surface area contributed by atoms with E-state index in [9.17, 15) is 13.2 Å². The van der Waals surface area contributed by atoms with Crippen LogP contribution < -0.4 is 5.73 Å². The van der Waals surface area contributed by atoms with Gasteiger partial charge in [-0.25, -0.2) is 9.97 Å². The smallest absolute Gasteiger partial charge is 0.383 e. The van der Waals surface area contributed by atoms with Crippen molar-refractivity contribution in [2.75, 3.05) is 5.73 Å². The standard InChI is InChI=1S/C14H14F3N3/c1-3-11-8(2)12(18)20-13(19-11)9-4-6-10(7-5-9)14(15,16)17/h4-7H,3H2,1-2H3,(H2,18,19,20). The number of aromatic nitrogens is 2. The normalized spacial score (nSPS) is 11.7. The maximum atomic E-state index is 12.5. The molecule has 0 atom stereocenters. The molecule has 6 heteroatoms. The van der Waals surface area contributed by atoms with E-state index in [1.807, 2.05) is 13.8 Å². The zero-order valence-corrected chi connectivity index (χ0v) is 11.1. The summed E-state index contributed by atoms with van der Waals surface area (Å²) in [5.74, 6) is 0.699. The third kappa shape index (κ3) is 2.74. The van der Waals surface area contributed by atoms with Crippen molar-refractivity contribution in [3.63, 3.8) is 0 Å². The van der Waals surface area contributed by atoms with Crippen molar-refractivity contribution in [1.82, 2.24) is 9.97 Å². The van der Waals surface area contributed by atoms with E-state index >= 15 is 0 Å². The van der Waals surface area contributed by atoms with Gasteiger partial charge in [-0.2, -0.15) is 13.2 Å². The van der Waals surface area contributed by atoms with Crippen molar-refractivity contribution >= 4 is 5.82 Å². The molecule has 2 rings (SSSR count). The van der Waals surface area contributed by atoms with E-state index in [2.05, 4.69) is 9.97 Å². The Bertz CT molecular complexity index is 619. The Labute approximate surface area is 114 Å². The first kappa shape index (κ1) is 14.3. The van der Waals surface area contributed by atoms with Crippen molar-refractivity contribution in [2.24, 2.45) is 0 Å². The zero-order valence-electron chi connectivity index (χ0n) is 11.1. The van der Waals surface area contributed by atoms with Crippen LogP contribution in [0.4, 0.5) is 19.0 Å². The lowest BCUT2D eigenvalue weighted by Crippen LogP contribution is -2.06. The van der Waals surface area contributed by atoms with E-state index < -0.39 is 11.7 Å². The largest absolute Gasteiger partial charge is 0.416 e. The zero-order chi connectivity index (χ0) is 14.9. The van der Waals surface area contributed by atoms with Crippen LogP contribution in [0, 0.1) is 6.92 Å². The van der Waals surface area contributed by atoms with Gasteiger partial charge in [-0.1, -0.05) is 19.1 Å². The molecule has 0 saturated heterocycles. The van der Waals surface area contributed by atoms with Gasteiger partial charge < -0.3 is 5.73 Å². The van der Waals surface area contributed by atoms with Crippen LogP contribution in [0.2, 0.25) is 0 Å². The maximum Gasteiger partial charge on any atom is 0.416 e. The number of hydrogen-bond donors (Lipinski definition) is 1. The molecule has 0 spiro atoms. The summed E-state index contributed by atoms with van der Waals surface area (Å²) >= 11 is 0. The first-order valence-electron chi connectivity index (χ1n) is 6.13. The molecule has 0 radical (unpaired) electrons. The van der Waals surface area contributed by atoms with Crippen LogP contribution in [0.15, 0.2) is 24.3 Å². The second-order valence-corrected chi connectivity index (χ2v) is 4.43. The average molecular weight is 281 g/mol. The molecule has 106 valence electrons. The first-order valence-corrected chi connectivity index (χ1v) is 6.13. The number of anilines is 1. The van der Waals surface area contributed by atoms with Crippen molar-refractivity contribution in [3.05, 3.63) is 41.1 Å². The fourth-order valence-electron chi connectivity index (χ4n) is 1.86. The molecule has 20 heavy (non-hydrogen) atoms. The number of rotatable bonds is 2. The minimum absolute atomic E-state index is 0.346. The van der Waals surface area contributed by atoms with Crippen LogP contribution in [0.1, 0.15) is 23.7 Å². The number of halogens is 3. The van der Waals surface area contributed by atoms with Gasteiger partial charge in [0.1, 0.15) is 5.82 Å². The molecule has 2 aromatic rings. The molecular formula is C14H14F3N3. The van der Waals surface area contributed by atoms with E-state index in [0.717, 1.165) is 23.4 Å². The number of hydrogen-bond acceptors (Lipinski definition) is 3. The van der Waals surface area contributed by atoms with Crippen molar-refractivity contribution < 1.29 is 13.2 Å². The maximum absolute atomic E-state index is 12.5. The number of aryl methyl sites for hydroxylation is 1. The molecule has 0 amide bonds. The van der Waals surface area contributed by atoms with Gasteiger partial charge >= 0.3 is 6.18 Å². The predicted octanol–water partition coefficient (Wildman–Crippen LogP) is 3.62. The minimum Gasteiger partial charge on any atom is -0.383 e. The lowest BCUT2D eigenvalue weighted by Gasteiger charge is -2.10. The molecule has 0 saturated carbocycles. The fourth-order valence-corrected chi connectivity index (χ4v) is 1.86. The van der Waals surface area contributed by atoms with Crippen LogP contribution in [0.3, 0.4) is 0 Å². The summed E-state index contributed by atoms with van der Waals surface area (Å²) in [7, 11) is 0. The summed E-state index contributed by atoms with van der Waals surface area (Å²) in [6, 6.07) is 4.74. The highest BCUT2D eigenvalue weighted by atomic mass is 19.4. The number of alkyl halides is 3. The molecule has 0 fully saturated rings. The second-order valence-electron chi connectivity index (χ2n) is 4.43. The fraction of sp³-hybridized carbons (Fsp3) is 0.286. The topological polar surface area (TPSA) is 51.8 Å². The SMILES string of the molecule is CCc1nc(-c2ccc(C(F)(F)F)cc2)nc(N)c1C. The Morgan fingerprint density at radius 1 is 1.10 bits per heavy atom. The number of nitrogen functional groups attached to an aromatic ring is 1. The van der Waals surface area contributed by atoms with Crippen LogP contribution in [-0.4, -0.2) is 9.97 Å². The Hall–Kier alpha value is -2.11. The van der Waals surface area contributed by atoms with Gasteiger partial charge in [0.2, 0.25) is 0 Å². The van der Waals surface area contributed by atoms with E-state index in [4.69, 9.17) is 5.73 Å². The molecule has 0 aliphatic carbocycles. The highest BCUT2D eigenvalue weighted by Crippen LogP contribution is 2.30. The molecule has 1 aromatic heterocycles. The van der Waals surface area contributed by atoms with Gasteiger partial charge in [-0.3, -0.25) is 0 Å². The summed E-state index contributed by atoms with van der Waals surface area (Å²) in [6.45, 7) is 3.76. The van der Waals surface area contributed by atoms with Gasteiger partial charge in [0.25, 0.3) is 0 Å². The molecule has 1 heterocycles. The molecule has 0 aliphatic rings. The van der Waals surface area contributed by atoms with Crippen LogP contribution in [-0.2, 0) is 12.6 Å². The highest BCUT2D eigenvalue weighted by molar-refractivity contribution is 5.59. The lowest BCUT2D eigenvalue weighted by atomic mass is 10.1. The Morgan fingerprint density at radius 3 is 2.20 bits per heavy atom. The third-order valence-corrected chi connectivity index (χ3v) is 3.09. The molecular weight excluding hydrogens is 267 g/mol. The van der Waals surface area contributed by atoms with Gasteiger partial charge in [-0.15, -0.1) is 0 Å². The van der Waals surface area contributed by atoms with Crippen molar-refractivity contribution in [1.29, 1.82) is 0 Å². The third-order valence-electron chi connectivity index (χ3n) is 3.09. The monoisotopic (exact) mass is 281 g/mol. The molecule has 2 N–H and O–H groups in total. The Kier molecular flexibility index (Phi) is 3.65. The summed E-state index contributed by atoms with van der Waals surface area (Å²) in [6.07, 6.45) is -3.66. The van der Waals surface area contributed by atoms with Gasteiger partial charge in [-0.05, 0) is 25.5 Å². The van der Waals surface area contributed by atoms with E-state index in [0.29, 0.717) is 23.6 Å². The van der Waals surface area contributed by atoms with Gasteiger partial charge in [0.15, 0.2) is 5.82 Å². The molecule has 1 aromatic carbocycles. The van der Waals surface area contributed by atoms with Crippen LogP contribution >= 0.6 is 0 Å². The summed E-state index contributed by atoms with van der Waals surface area (Å²) in [5, 5.41) is 0. The Morgan fingerprint density at radius 2 is 1.70 bits per heavy atom. The number of nitrogens with two attached hydrogens (primary N) is 1. The summed E-state index contributed by atoms with van der Waals surface area (Å²) in [5.41, 5.74) is 7.23. The number of benzene rings is 1. The average Bonchev–Trinajstić information content (AvgIpc) is 2.41. The minimum atomic E-state index is -4.35. The molecule has 0 aliphatic heterocycles. The van der Waals surface area contributed by atoms with E-state index in [1.165, 1.54) is 12.1 Å². The first-order chi connectivity index (χ1) is 9.32. The molecule has 3 nitrogen and oxygen atoms in total. The van der Waals surface area contributed by atoms with Gasteiger partial charge in [0.05, 0.1) is 5.56 Å². The molecule has 0 bridgehead atoms. The van der Waals surface area contributed by atoms with Crippen molar-refractivity contribution in [2.45, 2.75) is 26.4 Å². The van der Waals surface area contributed by atoms with Crippen molar-refractivity contribution in [3.8, 4) is 11.4 Å². The number of nitrogens with zero attached hydrogens (tertiary/aromatic N) is 2. The van der Waals surface area contributed by atoms with E-state index in [-0.39, 0.29) is 0 Å². The predicted molar refractivity (Wildman–Crippen MR) is 71.0 cm³/mol. The van der Waals surface area contributed by atoms with Crippen LogP contribution in [0.5, 0.6) is 0 Å². The summed E-state index contributed by atoms with van der Waals surface area (Å²) in [4.78, 5) is 8.47. The van der Waals surface area contributed by atoms with E-state index in [1.54, 1.807) is 0 Å². The Balaban J connectivity index is 2.44. The lowest BCUT2D eigenvalue weighted by molar-refractivity contribution is -0.137. The van der Waals surface area contributed by atoms with Gasteiger partial charge in [0, 0.05) is 16.8 Å². The summed E-state index contributed by atoms with van der Waals surface area (Å²) < 4.78 is 37.5.